The maximum absolute atomic E-state index is 13.4. The average Bonchev–Trinajstić information content (AvgIpc) is 2.83. The summed E-state index contributed by atoms with van der Waals surface area (Å²) in [6.45, 7) is 7.79. The van der Waals surface area contributed by atoms with E-state index in [1.54, 1.807) is 30.7 Å². The number of ether oxygens (including phenoxy) is 4. The van der Waals surface area contributed by atoms with Crippen LogP contribution in [-0.4, -0.2) is 43.1 Å². The quantitative estimate of drug-likeness (QED) is 0.452. The van der Waals surface area contributed by atoms with Gasteiger partial charge in [-0.15, -0.1) is 0 Å². The van der Waals surface area contributed by atoms with Crippen molar-refractivity contribution < 1.29 is 28.8 Å². The van der Waals surface area contributed by atoms with Gasteiger partial charge in [0, 0.05) is 12.3 Å². The number of carbonyl (C=O) groups is 1. The van der Waals surface area contributed by atoms with E-state index in [-0.39, 0.29) is 36.2 Å². The fourth-order valence-electron chi connectivity index (χ4n) is 3.90. The normalized spacial score (nSPS) is 12.3. The predicted octanol–water partition coefficient (Wildman–Crippen LogP) is 4.35. The van der Waals surface area contributed by atoms with Crippen LogP contribution in [0, 0.1) is 5.41 Å². The fraction of sp³-hybridized carbons (Fsp3) is 0.407. The molecule has 188 valence electrons. The molecule has 0 bridgehead atoms. The third-order valence-electron chi connectivity index (χ3n) is 5.87. The molecular formula is C27H33NO7. The molecule has 1 aromatic heterocycles. The molecule has 0 spiro atoms. The third-order valence-corrected chi connectivity index (χ3v) is 5.87. The summed E-state index contributed by atoms with van der Waals surface area (Å²) in [5.41, 5.74) is 0.467. The van der Waals surface area contributed by atoms with Crippen LogP contribution in [0.1, 0.15) is 49.7 Å². The molecule has 3 rings (SSSR count). The summed E-state index contributed by atoms with van der Waals surface area (Å²) in [5, 5.41) is 10.5. The second kappa shape index (κ2) is 10.8. The van der Waals surface area contributed by atoms with Crippen molar-refractivity contribution in [1.82, 2.24) is 4.57 Å². The van der Waals surface area contributed by atoms with Gasteiger partial charge in [0.15, 0.2) is 11.5 Å². The summed E-state index contributed by atoms with van der Waals surface area (Å²) in [5.74, 6) is 0.807. The molecule has 0 aliphatic rings. The number of carbonyl (C=O) groups excluding carboxylic acids is 1. The van der Waals surface area contributed by atoms with Crippen LogP contribution in [0.15, 0.2) is 47.4 Å². The first-order valence-electron chi connectivity index (χ1n) is 11.4. The van der Waals surface area contributed by atoms with Crippen molar-refractivity contribution >= 4 is 16.9 Å². The van der Waals surface area contributed by atoms with Gasteiger partial charge in [0.05, 0.1) is 44.4 Å². The molecule has 0 aliphatic heterocycles. The second-order valence-corrected chi connectivity index (χ2v) is 9.22. The maximum atomic E-state index is 13.4. The highest BCUT2D eigenvalue weighted by Gasteiger charge is 2.29. The Labute approximate surface area is 205 Å². The van der Waals surface area contributed by atoms with Crippen LogP contribution < -0.4 is 19.6 Å². The molecule has 1 unspecified atom stereocenters. The number of hydrogen-bond acceptors (Lipinski definition) is 7. The van der Waals surface area contributed by atoms with Gasteiger partial charge in [0.2, 0.25) is 5.43 Å². The monoisotopic (exact) mass is 483 g/mol. The zero-order valence-corrected chi connectivity index (χ0v) is 21.1. The van der Waals surface area contributed by atoms with E-state index >= 15 is 0 Å². The molecular weight excluding hydrogens is 450 g/mol. The van der Waals surface area contributed by atoms with E-state index in [0.29, 0.717) is 17.0 Å². The summed E-state index contributed by atoms with van der Waals surface area (Å²) in [4.78, 5) is 26.0. The number of benzene rings is 2. The first-order chi connectivity index (χ1) is 16.6. The molecule has 1 heterocycles. The van der Waals surface area contributed by atoms with E-state index in [2.05, 4.69) is 0 Å². The zero-order valence-electron chi connectivity index (χ0n) is 21.1. The molecule has 8 nitrogen and oxygen atoms in total. The van der Waals surface area contributed by atoms with Gasteiger partial charge < -0.3 is 28.6 Å². The number of esters is 1. The van der Waals surface area contributed by atoms with Crippen LogP contribution in [0.25, 0.3) is 10.9 Å². The van der Waals surface area contributed by atoms with Gasteiger partial charge in [-0.1, -0.05) is 32.9 Å². The van der Waals surface area contributed by atoms with Crippen molar-refractivity contribution in [1.29, 1.82) is 0 Å². The van der Waals surface area contributed by atoms with Crippen molar-refractivity contribution in [3.63, 3.8) is 0 Å². The highest BCUT2D eigenvalue weighted by molar-refractivity contribution is 5.94. The summed E-state index contributed by atoms with van der Waals surface area (Å²) in [6, 6.07) is 10.3. The molecule has 0 aliphatic carbocycles. The minimum Gasteiger partial charge on any atom is -0.497 e. The van der Waals surface area contributed by atoms with Gasteiger partial charge in [-0.2, -0.15) is 0 Å². The van der Waals surface area contributed by atoms with Crippen LogP contribution in [-0.2, 0) is 11.3 Å². The van der Waals surface area contributed by atoms with Crippen molar-refractivity contribution in [2.45, 2.75) is 40.3 Å². The van der Waals surface area contributed by atoms with Crippen LogP contribution >= 0.6 is 0 Å². The summed E-state index contributed by atoms with van der Waals surface area (Å²) >= 11 is 0. The van der Waals surface area contributed by atoms with Crippen molar-refractivity contribution in [3.05, 3.63) is 63.9 Å². The Balaban J connectivity index is 2.18. The zero-order chi connectivity index (χ0) is 25.8. The Kier molecular flexibility index (Phi) is 8.07. The number of nitrogens with zero attached hydrogens (tertiary/aromatic N) is 1. The van der Waals surface area contributed by atoms with Crippen molar-refractivity contribution in [2.24, 2.45) is 5.41 Å². The highest BCUT2D eigenvalue weighted by atomic mass is 16.5. The van der Waals surface area contributed by atoms with Gasteiger partial charge in [-0.3, -0.25) is 4.79 Å². The molecule has 1 N–H and O–H groups in total. The van der Waals surface area contributed by atoms with Gasteiger partial charge in [-0.05, 0) is 36.1 Å². The topological polar surface area (TPSA) is 96.2 Å². The van der Waals surface area contributed by atoms with Gasteiger partial charge in [-0.25, -0.2) is 4.79 Å². The lowest BCUT2D eigenvalue weighted by molar-refractivity contribution is 0.0522. The first-order valence-corrected chi connectivity index (χ1v) is 11.4. The highest BCUT2D eigenvalue weighted by Crippen LogP contribution is 2.37. The van der Waals surface area contributed by atoms with Crippen LogP contribution in [0.5, 0.6) is 17.2 Å². The lowest BCUT2D eigenvalue weighted by atomic mass is 9.86. The minimum atomic E-state index is -0.713. The number of fused-ring (bicyclic) bond motifs is 1. The molecule has 35 heavy (non-hydrogen) atoms. The molecule has 0 fully saturated rings. The molecule has 8 heteroatoms. The number of aliphatic hydroxyl groups is 1. The summed E-state index contributed by atoms with van der Waals surface area (Å²) in [7, 11) is 3.12. The lowest BCUT2D eigenvalue weighted by Crippen LogP contribution is -2.30. The van der Waals surface area contributed by atoms with E-state index in [1.807, 2.05) is 45.0 Å². The van der Waals surface area contributed by atoms with Crippen molar-refractivity contribution in [2.75, 3.05) is 27.4 Å². The SMILES string of the molecule is CCOC(=O)c1cn(C(CO)C(C)(C)C)c2cc(OC)c(OCc3ccc(OC)cc3)cc2c1=O. The molecule has 0 saturated carbocycles. The minimum absolute atomic E-state index is 0.103. The Bertz CT molecular complexity index is 1240. The third kappa shape index (κ3) is 5.59. The Morgan fingerprint density at radius 3 is 2.29 bits per heavy atom. The van der Waals surface area contributed by atoms with Crippen LogP contribution in [0.3, 0.4) is 0 Å². The van der Waals surface area contributed by atoms with E-state index in [4.69, 9.17) is 18.9 Å². The Morgan fingerprint density at radius 2 is 1.74 bits per heavy atom. The molecule has 1 atom stereocenters. The molecule has 0 amide bonds. The van der Waals surface area contributed by atoms with E-state index in [9.17, 15) is 14.7 Å². The molecule has 0 saturated heterocycles. The van der Waals surface area contributed by atoms with Gasteiger partial charge >= 0.3 is 5.97 Å². The summed E-state index contributed by atoms with van der Waals surface area (Å²) < 4.78 is 23.7. The smallest absolute Gasteiger partial charge is 0.343 e. The first kappa shape index (κ1) is 26.1. The average molecular weight is 484 g/mol. The number of methoxy groups -OCH3 is 2. The molecule has 3 aromatic rings. The second-order valence-electron chi connectivity index (χ2n) is 9.22. The summed E-state index contributed by atoms with van der Waals surface area (Å²) in [6.07, 6.45) is 1.46. The maximum Gasteiger partial charge on any atom is 0.343 e. The Morgan fingerprint density at radius 1 is 1.06 bits per heavy atom. The van der Waals surface area contributed by atoms with E-state index in [1.165, 1.54) is 13.3 Å². The molecule has 0 radical (unpaired) electrons. The van der Waals surface area contributed by atoms with Crippen molar-refractivity contribution in [3.8, 4) is 17.2 Å². The standard InChI is InChI=1S/C27H33NO7/c1-7-34-26(31)20-14-28(24(15-29)27(2,3)4)21-13-22(33-6)23(12-19(21)25(20)30)35-16-17-8-10-18(32-5)11-9-17/h8-14,24,29H,7,15-16H2,1-6H3. The Hall–Kier alpha value is -3.52. The van der Waals surface area contributed by atoms with E-state index < -0.39 is 17.4 Å². The number of pyridine rings is 1. The number of rotatable bonds is 9. The number of aromatic nitrogens is 1. The largest absolute Gasteiger partial charge is 0.497 e. The van der Waals surface area contributed by atoms with Gasteiger partial charge in [0.1, 0.15) is 17.9 Å². The number of hydrogen-bond donors (Lipinski definition) is 1. The van der Waals surface area contributed by atoms with Crippen LogP contribution in [0.2, 0.25) is 0 Å². The number of aliphatic hydroxyl groups excluding tert-OH is 1. The van der Waals surface area contributed by atoms with Gasteiger partial charge in [0.25, 0.3) is 0 Å². The lowest BCUT2D eigenvalue weighted by Gasteiger charge is -2.33. The fourth-order valence-corrected chi connectivity index (χ4v) is 3.90. The van der Waals surface area contributed by atoms with Crippen LogP contribution in [0.4, 0.5) is 0 Å². The van der Waals surface area contributed by atoms with E-state index in [0.717, 1.165) is 11.3 Å². The molecule has 2 aromatic carbocycles. The predicted molar refractivity (Wildman–Crippen MR) is 134 cm³/mol.